The Kier molecular flexibility index (Phi) is 7.48. The lowest BCUT2D eigenvalue weighted by molar-refractivity contribution is 0.115. The van der Waals surface area contributed by atoms with E-state index < -0.39 is 0 Å². The van der Waals surface area contributed by atoms with E-state index in [1.165, 1.54) is 0 Å². The molecule has 4 heteroatoms. The SMILES string of the molecule is COCCN(CCOc1ccccc1CN)C(C)C. The maximum atomic E-state index is 5.83. The molecule has 0 atom stereocenters. The van der Waals surface area contributed by atoms with E-state index >= 15 is 0 Å². The van der Waals surface area contributed by atoms with Crippen LogP contribution in [0.5, 0.6) is 5.75 Å². The first-order valence-electron chi connectivity index (χ1n) is 6.82. The number of hydrogen-bond donors (Lipinski definition) is 1. The van der Waals surface area contributed by atoms with Gasteiger partial charge in [-0.05, 0) is 19.9 Å². The van der Waals surface area contributed by atoms with E-state index in [1.54, 1.807) is 7.11 Å². The molecule has 1 aromatic carbocycles. The lowest BCUT2D eigenvalue weighted by Gasteiger charge is -2.26. The average Bonchev–Trinajstić information content (AvgIpc) is 2.42. The van der Waals surface area contributed by atoms with Gasteiger partial charge in [-0.25, -0.2) is 0 Å². The molecule has 19 heavy (non-hydrogen) atoms. The molecule has 0 aromatic heterocycles. The van der Waals surface area contributed by atoms with E-state index in [1.807, 2.05) is 24.3 Å². The van der Waals surface area contributed by atoms with Gasteiger partial charge >= 0.3 is 0 Å². The van der Waals surface area contributed by atoms with Crippen molar-refractivity contribution in [2.24, 2.45) is 5.73 Å². The van der Waals surface area contributed by atoms with Gasteiger partial charge in [-0.1, -0.05) is 18.2 Å². The standard InChI is InChI=1S/C15H26N2O2/c1-13(2)17(8-10-18-3)9-11-19-15-7-5-4-6-14(15)12-16/h4-7,13H,8-12,16H2,1-3H3. The van der Waals surface area contributed by atoms with Gasteiger partial charge in [-0.15, -0.1) is 0 Å². The van der Waals surface area contributed by atoms with E-state index in [0.29, 0.717) is 19.2 Å². The molecule has 1 rings (SSSR count). The molecule has 108 valence electrons. The van der Waals surface area contributed by atoms with Crippen LogP contribution in [0.15, 0.2) is 24.3 Å². The largest absolute Gasteiger partial charge is 0.492 e. The molecule has 0 spiro atoms. The van der Waals surface area contributed by atoms with Crippen molar-refractivity contribution in [1.29, 1.82) is 0 Å². The van der Waals surface area contributed by atoms with Crippen molar-refractivity contribution in [3.8, 4) is 5.75 Å². The number of para-hydroxylation sites is 1. The van der Waals surface area contributed by atoms with E-state index in [-0.39, 0.29) is 0 Å². The summed E-state index contributed by atoms with van der Waals surface area (Å²) in [5.41, 5.74) is 6.74. The van der Waals surface area contributed by atoms with Crippen molar-refractivity contribution < 1.29 is 9.47 Å². The van der Waals surface area contributed by atoms with E-state index in [4.69, 9.17) is 15.2 Å². The highest BCUT2D eigenvalue weighted by molar-refractivity contribution is 5.32. The number of nitrogens with two attached hydrogens (primary N) is 1. The summed E-state index contributed by atoms with van der Waals surface area (Å²) >= 11 is 0. The Morgan fingerprint density at radius 1 is 1.16 bits per heavy atom. The fourth-order valence-electron chi connectivity index (χ4n) is 1.92. The zero-order valence-electron chi connectivity index (χ0n) is 12.3. The quantitative estimate of drug-likeness (QED) is 0.741. The number of ether oxygens (including phenoxy) is 2. The Morgan fingerprint density at radius 2 is 1.84 bits per heavy atom. The third kappa shape index (κ3) is 5.59. The first-order valence-corrected chi connectivity index (χ1v) is 6.82. The first kappa shape index (κ1) is 16.0. The van der Waals surface area contributed by atoms with Crippen molar-refractivity contribution in [3.05, 3.63) is 29.8 Å². The maximum absolute atomic E-state index is 5.83. The van der Waals surface area contributed by atoms with Gasteiger partial charge < -0.3 is 15.2 Å². The van der Waals surface area contributed by atoms with Gasteiger partial charge in [-0.3, -0.25) is 4.90 Å². The fourth-order valence-corrected chi connectivity index (χ4v) is 1.92. The van der Waals surface area contributed by atoms with Crippen LogP contribution in [0, 0.1) is 0 Å². The molecule has 0 aliphatic rings. The molecular formula is C15H26N2O2. The van der Waals surface area contributed by atoms with Gasteiger partial charge in [0.15, 0.2) is 0 Å². The summed E-state index contributed by atoms with van der Waals surface area (Å²) in [6.07, 6.45) is 0. The molecule has 2 N–H and O–H groups in total. The molecule has 0 fully saturated rings. The summed E-state index contributed by atoms with van der Waals surface area (Å²) < 4.78 is 11.0. The van der Waals surface area contributed by atoms with Crippen LogP contribution in [0.25, 0.3) is 0 Å². The van der Waals surface area contributed by atoms with Crippen LogP contribution in [-0.4, -0.2) is 44.4 Å². The molecule has 4 nitrogen and oxygen atoms in total. The third-order valence-electron chi connectivity index (χ3n) is 3.14. The average molecular weight is 266 g/mol. The van der Waals surface area contributed by atoms with Crippen molar-refractivity contribution in [2.75, 3.05) is 33.4 Å². The second-order valence-electron chi connectivity index (χ2n) is 4.78. The Balaban J connectivity index is 2.42. The highest BCUT2D eigenvalue weighted by Crippen LogP contribution is 2.16. The van der Waals surface area contributed by atoms with Gasteiger partial charge in [0, 0.05) is 38.3 Å². The molecule has 0 bridgehead atoms. The molecular weight excluding hydrogens is 240 g/mol. The normalized spacial score (nSPS) is 11.3. The monoisotopic (exact) mass is 266 g/mol. The molecule has 0 heterocycles. The van der Waals surface area contributed by atoms with Crippen LogP contribution in [-0.2, 0) is 11.3 Å². The predicted molar refractivity (Wildman–Crippen MR) is 78.4 cm³/mol. The van der Waals surface area contributed by atoms with Crippen LogP contribution in [0.4, 0.5) is 0 Å². The summed E-state index contributed by atoms with van der Waals surface area (Å²) in [6.45, 7) is 8.10. The Labute approximate surface area is 116 Å². The third-order valence-corrected chi connectivity index (χ3v) is 3.14. The van der Waals surface area contributed by atoms with Crippen LogP contribution < -0.4 is 10.5 Å². The van der Waals surface area contributed by atoms with Crippen molar-refractivity contribution >= 4 is 0 Å². The Hall–Kier alpha value is -1.10. The smallest absolute Gasteiger partial charge is 0.123 e. The van der Waals surface area contributed by atoms with Gasteiger partial charge in [-0.2, -0.15) is 0 Å². The zero-order chi connectivity index (χ0) is 14.1. The van der Waals surface area contributed by atoms with Crippen LogP contribution in [0.1, 0.15) is 19.4 Å². The Bertz CT molecular complexity index is 356. The van der Waals surface area contributed by atoms with Crippen molar-refractivity contribution in [1.82, 2.24) is 4.90 Å². The van der Waals surface area contributed by atoms with Crippen molar-refractivity contribution in [2.45, 2.75) is 26.4 Å². The van der Waals surface area contributed by atoms with Crippen LogP contribution in [0.3, 0.4) is 0 Å². The number of hydrogen-bond acceptors (Lipinski definition) is 4. The molecule has 0 saturated heterocycles. The topological polar surface area (TPSA) is 47.7 Å². The molecule has 0 unspecified atom stereocenters. The summed E-state index contributed by atoms with van der Waals surface area (Å²) in [7, 11) is 1.73. The minimum Gasteiger partial charge on any atom is -0.492 e. The number of nitrogens with zero attached hydrogens (tertiary/aromatic N) is 1. The molecule has 0 radical (unpaired) electrons. The predicted octanol–water partition coefficient (Wildman–Crippen LogP) is 1.88. The van der Waals surface area contributed by atoms with E-state index in [9.17, 15) is 0 Å². The molecule has 0 aliphatic heterocycles. The molecule has 0 aliphatic carbocycles. The molecule has 1 aromatic rings. The number of rotatable bonds is 9. The number of methoxy groups -OCH3 is 1. The lowest BCUT2D eigenvalue weighted by Crippen LogP contribution is -2.37. The van der Waals surface area contributed by atoms with Crippen LogP contribution >= 0.6 is 0 Å². The second-order valence-corrected chi connectivity index (χ2v) is 4.78. The Morgan fingerprint density at radius 3 is 2.47 bits per heavy atom. The van der Waals surface area contributed by atoms with Gasteiger partial charge in [0.25, 0.3) is 0 Å². The lowest BCUT2D eigenvalue weighted by atomic mass is 10.2. The van der Waals surface area contributed by atoms with Crippen LogP contribution in [0.2, 0.25) is 0 Å². The highest BCUT2D eigenvalue weighted by atomic mass is 16.5. The van der Waals surface area contributed by atoms with Gasteiger partial charge in [0.1, 0.15) is 12.4 Å². The fraction of sp³-hybridized carbons (Fsp3) is 0.600. The van der Waals surface area contributed by atoms with Crippen molar-refractivity contribution in [3.63, 3.8) is 0 Å². The first-order chi connectivity index (χ1) is 9.19. The summed E-state index contributed by atoms with van der Waals surface area (Å²) in [4.78, 5) is 2.34. The maximum Gasteiger partial charge on any atom is 0.123 e. The molecule has 0 saturated carbocycles. The summed E-state index contributed by atoms with van der Waals surface area (Å²) in [6, 6.07) is 8.41. The highest BCUT2D eigenvalue weighted by Gasteiger charge is 2.09. The van der Waals surface area contributed by atoms with E-state index in [0.717, 1.165) is 31.0 Å². The number of benzene rings is 1. The van der Waals surface area contributed by atoms with Gasteiger partial charge in [0.2, 0.25) is 0 Å². The molecule has 0 amide bonds. The minimum atomic E-state index is 0.489. The van der Waals surface area contributed by atoms with Gasteiger partial charge in [0.05, 0.1) is 6.61 Å². The zero-order valence-corrected chi connectivity index (χ0v) is 12.3. The minimum absolute atomic E-state index is 0.489. The summed E-state index contributed by atoms with van der Waals surface area (Å²) in [5.74, 6) is 0.889. The second kappa shape index (κ2) is 8.91. The van der Waals surface area contributed by atoms with E-state index in [2.05, 4.69) is 18.7 Å². The summed E-state index contributed by atoms with van der Waals surface area (Å²) in [5, 5.41) is 0.